The Morgan fingerprint density at radius 1 is 0.929 bits per heavy atom. The first-order chi connectivity index (χ1) is 19.9. The number of sulfonamides is 1. The van der Waals surface area contributed by atoms with E-state index in [-0.39, 0.29) is 39.8 Å². The lowest BCUT2D eigenvalue weighted by Gasteiger charge is -2.33. The molecule has 226 valence electrons. The van der Waals surface area contributed by atoms with Gasteiger partial charge in [0.1, 0.15) is 24.1 Å². The Morgan fingerprint density at radius 2 is 1.62 bits per heavy atom. The smallest absolute Gasteiger partial charge is 0.264 e. The van der Waals surface area contributed by atoms with E-state index in [4.69, 9.17) is 32.7 Å². The van der Waals surface area contributed by atoms with Gasteiger partial charge in [0.15, 0.2) is 0 Å². The monoisotopic (exact) mass is 635 g/mol. The first kappa shape index (κ1) is 33.0. The van der Waals surface area contributed by atoms with Crippen LogP contribution in [0.4, 0.5) is 5.69 Å². The van der Waals surface area contributed by atoms with Crippen LogP contribution in [0, 0.1) is 0 Å². The molecule has 0 bridgehead atoms. The molecule has 0 heterocycles. The van der Waals surface area contributed by atoms with E-state index in [1.165, 1.54) is 37.3 Å². The highest BCUT2D eigenvalue weighted by Gasteiger charge is 2.34. The molecule has 0 radical (unpaired) electrons. The fourth-order valence-electron chi connectivity index (χ4n) is 4.11. The minimum atomic E-state index is -4.28. The van der Waals surface area contributed by atoms with Crippen molar-refractivity contribution >= 4 is 50.7 Å². The maximum Gasteiger partial charge on any atom is 0.264 e. The third-order valence-electron chi connectivity index (χ3n) is 6.77. The summed E-state index contributed by atoms with van der Waals surface area (Å²) in [6, 6.07) is 16.2. The van der Waals surface area contributed by atoms with Gasteiger partial charge in [0.05, 0.1) is 34.8 Å². The molecule has 42 heavy (non-hydrogen) atoms. The number of carbonyl (C=O) groups excluding carboxylic acids is 2. The summed E-state index contributed by atoms with van der Waals surface area (Å²) in [4.78, 5) is 28.6. The Labute approximate surface area is 257 Å². The second kappa shape index (κ2) is 14.6. The molecule has 0 aliphatic rings. The number of benzene rings is 3. The van der Waals surface area contributed by atoms with E-state index in [0.29, 0.717) is 22.8 Å². The van der Waals surface area contributed by atoms with Crippen molar-refractivity contribution in [3.63, 3.8) is 0 Å². The number of anilines is 1. The third-order valence-corrected chi connectivity index (χ3v) is 9.28. The summed E-state index contributed by atoms with van der Waals surface area (Å²) in [5, 5.41) is 3.52. The average Bonchev–Trinajstić information content (AvgIpc) is 2.99. The van der Waals surface area contributed by atoms with Gasteiger partial charge in [-0.15, -0.1) is 0 Å². The molecule has 3 aromatic rings. The minimum Gasteiger partial charge on any atom is -0.497 e. The lowest BCUT2D eigenvalue weighted by atomic mass is 10.1. The van der Waals surface area contributed by atoms with Crippen LogP contribution in [0.1, 0.15) is 32.8 Å². The number of hydrogen-bond donors (Lipinski definition) is 1. The number of nitrogens with one attached hydrogen (secondary N) is 1. The first-order valence-electron chi connectivity index (χ1n) is 13.3. The molecule has 12 heteroatoms. The minimum absolute atomic E-state index is 0.0266. The number of methoxy groups -OCH3 is 2. The third kappa shape index (κ3) is 7.87. The Morgan fingerprint density at radius 3 is 2.21 bits per heavy atom. The molecule has 0 spiro atoms. The average molecular weight is 637 g/mol. The quantitative estimate of drug-likeness (QED) is 0.264. The van der Waals surface area contributed by atoms with Crippen LogP contribution < -0.4 is 19.1 Å². The Bertz CT molecular complexity index is 1500. The number of carbonyl (C=O) groups is 2. The summed E-state index contributed by atoms with van der Waals surface area (Å²) in [7, 11) is -1.43. The summed E-state index contributed by atoms with van der Waals surface area (Å²) in [6.45, 7) is 4.72. The zero-order chi connectivity index (χ0) is 31.0. The summed E-state index contributed by atoms with van der Waals surface area (Å²) < 4.78 is 39.9. The molecule has 9 nitrogen and oxygen atoms in total. The second-order valence-corrected chi connectivity index (χ2v) is 12.3. The van der Waals surface area contributed by atoms with Crippen molar-refractivity contribution in [1.29, 1.82) is 0 Å². The molecule has 1 N–H and O–H groups in total. The molecule has 2 atom stereocenters. The lowest BCUT2D eigenvalue weighted by molar-refractivity contribution is -0.139. The molecule has 0 saturated carbocycles. The number of rotatable bonds is 13. The van der Waals surface area contributed by atoms with Crippen LogP contribution in [0.5, 0.6) is 11.5 Å². The number of hydrogen-bond acceptors (Lipinski definition) is 6. The van der Waals surface area contributed by atoms with Crippen molar-refractivity contribution in [2.75, 3.05) is 25.1 Å². The highest BCUT2D eigenvalue weighted by molar-refractivity contribution is 7.92. The lowest BCUT2D eigenvalue weighted by Crippen LogP contribution is -2.52. The summed E-state index contributed by atoms with van der Waals surface area (Å²) in [6.07, 6.45) is 0.692. The van der Waals surface area contributed by atoms with Crippen molar-refractivity contribution in [1.82, 2.24) is 10.2 Å². The summed E-state index contributed by atoms with van der Waals surface area (Å²) in [5.74, 6) is -0.436. The van der Waals surface area contributed by atoms with E-state index in [9.17, 15) is 18.0 Å². The Hall–Kier alpha value is -3.47. The number of amides is 2. The van der Waals surface area contributed by atoms with Crippen LogP contribution in [0.3, 0.4) is 0 Å². The van der Waals surface area contributed by atoms with Gasteiger partial charge in [0.2, 0.25) is 11.8 Å². The number of halogens is 2. The Kier molecular flexibility index (Phi) is 11.5. The van der Waals surface area contributed by atoms with Crippen LogP contribution in [-0.4, -0.2) is 58.0 Å². The zero-order valence-electron chi connectivity index (χ0n) is 24.1. The number of ether oxygens (including phenoxy) is 2. The second-order valence-electron chi connectivity index (χ2n) is 9.63. The molecular formula is C30H35Cl2N3O6S. The van der Waals surface area contributed by atoms with Gasteiger partial charge in [0.25, 0.3) is 10.0 Å². The predicted octanol–water partition coefficient (Wildman–Crippen LogP) is 5.54. The maximum atomic E-state index is 14.1. The van der Waals surface area contributed by atoms with E-state index in [1.807, 2.05) is 13.8 Å². The standard InChI is InChI=1S/C30H35Cl2N3O6S/c1-6-20(2)33-30(37)21(3)34(18-22-12-14-25(31)26(32)16-22)29(36)19-35(42(38,39)24-10-8-7-9-11-24)27-17-23(40-4)13-15-28(27)41-5/h7-17,20-21H,6,18-19H2,1-5H3,(H,33,37)/t20-,21-/m0/s1. The maximum absolute atomic E-state index is 14.1. The van der Waals surface area contributed by atoms with Gasteiger partial charge in [0, 0.05) is 18.7 Å². The molecule has 0 saturated heterocycles. The molecule has 3 rings (SSSR count). The topological polar surface area (TPSA) is 105 Å². The molecule has 0 aliphatic heterocycles. The van der Waals surface area contributed by atoms with Crippen molar-refractivity contribution in [3.8, 4) is 11.5 Å². The normalized spacial score (nSPS) is 12.6. The van der Waals surface area contributed by atoms with Gasteiger partial charge in [-0.05, 0) is 62.2 Å². The van der Waals surface area contributed by atoms with Gasteiger partial charge >= 0.3 is 0 Å². The highest BCUT2D eigenvalue weighted by Crippen LogP contribution is 2.36. The van der Waals surface area contributed by atoms with Crippen LogP contribution in [-0.2, 0) is 26.2 Å². The van der Waals surface area contributed by atoms with E-state index in [1.54, 1.807) is 55.5 Å². The van der Waals surface area contributed by atoms with Crippen LogP contribution >= 0.6 is 23.2 Å². The van der Waals surface area contributed by atoms with Gasteiger partial charge < -0.3 is 19.7 Å². The van der Waals surface area contributed by atoms with E-state index < -0.39 is 28.5 Å². The van der Waals surface area contributed by atoms with E-state index >= 15 is 0 Å². The zero-order valence-corrected chi connectivity index (χ0v) is 26.5. The van der Waals surface area contributed by atoms with Crippen molar-refractivity contribution in [3.05, 3.63) is 82.3 Å². The van der Waals surface area contributed by atoms with Gasteiger partial charge in [-0.25, -0.2) is 8.42 Å². The summed E-state index contributed by atoms with van der Waals surface area (Å²) in [5.41, 5.74) is 0.706. The predicted molar refractivity (Wildman–Crippen MR) is 165 cm³/mol. The van der Waals surface area contributed by atoms with Gasteiger partial charge in [-0.3, -0.25) is 13.9 Å². The SMILES string of the molecule is CC[C@H](C)NC(=O)[C@H](C)N(Cc1ccc(Cl)c(Cl)c1)C(=O)CN(c1cc(OC)ccc1OC)S(=O)(=O)c1ccccc1. The Balaban J connectivity index is 2.12. The molecule has 0 aliphatic carbocycles. The molecule has 0 unspecified atom stereocenters. The fourth-order valence-corrected chi connectivity index (χ4v) is 5.87. The van der Waals surface area contributed by atoms with Crippen molar-refractivity contribution in [2.45, 2.75) is 50.7 Å². The van der Waals surface area contributed by atoms with Crippen LogP contribution in [0.25, 0.3) is 0 Å². The largest absolute Gasteiger partial charge is 0.497 e. The number of nitrogens with zero attached hydrogens (tertiary/aromatic N) is 2. The van der Waals surface area contributed by atoms with Crippen LogP contribution in [0.15, 0.2) is 71.6 Å². The first-order valence-corrected chi connectivity index (χ1v) is 15.5. The summed E-state index contributed by atoms with van der Waals surface area (Å²) >= 11 is 12.3. The fraction of sp³-hybridized carbons (Fsp3) is 0.333. The van der Waals surface area contributed by atoms with E-state index in [2.05, 4.69) is 5.32 Å². The van der Waals surface area contributed by atoms with Gasteiger partial charge in [-0.2, -0.15) is 0 Å². The molecule has 2 amide bonds. The molecule has 3 aromatic carbocycles. The van der Waals surface area contributed by atoms with Crippen LogP contribution in [0.2, 0.25) is 10.0 Å². The van der Waals surface area contributed by atoms with Crippen molar-refractivity contribution in [2.24, 2.45) is 0 Å². The van der Waals surface area contributed by atoms with Crippen molar-refractivity contribution < 1.29 is 27.5 Å². The molecule has 0 fully saturated rings. The molecule has 0 aromatic heterocycles. The highest BCUT2D eigenvalue weighted by atomic mass is 35.5. The van der Waals surface area contributed by atoms with Gasteiger partial charge in [-0.1, -0.05) is 54.4 Å². The van der Waals surface area contributed by atoms with E-state index in [0.717, 1.165) is 4.31 Å². The molecular weight excluding hydrogens is 601 g/mol.